The Morgan fingerprint density at radius 2 is 1.88 bits per heavy atom. The molecule has 41 heavy (non-hydrogen) atoms. The maximum absolute atomic E-state index is 14.2. The van der Waals surface area contributed by atoms with Gasteiger partial charge in [0.2, 0.25) is 0 Å². The van der Waals surface area contributed by atoms with Gasteiger partial charge in [0, 0.05) is 32.1 Å². The summed E-state index contributed by atoms with van der Waals surface area (Å²) in [4.78, 5) is 49.6. The Hall–Kier alpha value is -5.65. The number of hydrogen-bond donors (Lipinski definition) is 2. The first-order chi connectivity index (χ1) is 19.8. The number of carbonyl (C=O) groups is 2. The molecule has 204 valence electrons. The second-order valence-electron chi connectivity index (χ2n) is 9.60. The zero-order chi connectivity index (χ0) is 28.7. The minimum absolute atomic E-state index is 0.00138. The molecular formula is C29H25N9O3. The third-order valence-electron chi connectivity index (χ3n) is 6.79. The van der Waals surface area contributed by atoms with E-state index < -0.39 is 11.9 Å². The lowest BCUT2D eigenvalue weighted by Crippen LogP contribution is -2.33. The van der Waals surface area contributed by atoms with Crippen LogP contribution in [0.2, 0.25) is 0 Å². The Morgan fingerprint density at radius 3 is 2.63 bits per heavy atom. The van der Waals surface area contributed by atoms with Gasteiger partial charge >= 0.3 is 0 Å². The van der Waals surface area contributed by atoms with Crippen molar-refractivity contribution in [1.82, 2.24) is 39.2 Å². The molecule has 0 spiro atoms. The van der Waals surface area contributed by atoms with Crippen LogP contribution in [0.3, 0.4) is 0 Å². The number of amides is 1. The van der Waals surface area contributed by atoms with Crippen molar-refractivity contribution in [3.63, 3.8) is 0 Å². The van der Waals surface area contributed by atoms with Crippen LogP contribution in [0.5, 0.6) is 0 Å². The number of carbonyl (C=O) groups excluding carboxylic acids is 2. The van der Waals surface area contributed by atoms with Gasteiger partial charge in [-0.2, -0.15) is 5.10 Å². The van der Waals surface area contributed by atoms with Crippen molar-refractivity contribution in [2.75, 3.05) is 5.73 Å². The van der Waals surface area contributed by atoms with Crippen LogP contribution >= 0.6 is 0 Å². The van der Waals surface area contributed by atoms with Gasteiger partial charge in [0.1, 0.15) is 11.4 Å². The van der Waals surface area contributed by atoms with E-state index in [1.807, 2.05) is 18.2 Å². The molecule has 0 fully saturated rings. The molecule has 2 aromatic carbocycles. The summed E-state index contributed by atoms with van der Waals surface area (Å²) >= 11 is 0. The van der Waals surface area contributed by atoms with E-state index in [9.17, 15) is 14.4 Å². The van der Waals surface area contributed by atoms with Gasteiger partial charge in [0.05, 0.1) is 34.4 Å². The molecular weight excluding hydrogens is 522 g/mol. The maximum atomic E-state index is 14.2. The molecule has 0 saturated heterocycles. The first-order valence-corrected chi connectivity index (χ1v) is 12.8. The highest BCUT2D eigenvalue weighted by atomic mass is 16.2. The summed E-state index contributed by atoms with van der Waals surface area (Å²) in [6.45, 7) is 1.73. The van der Waals surface area contributed by atoms with Gasteiger partial charge in [-0.1, -0.05) is 30.3 Å². The third-order valence-corrected chi connectivity index (χ3v) is 6.79. The summed E-state index contributed by atoms with van der Waals surface area (Å²) in [6.07, 6.45) is 6.34. The molecule has 0 bridgehead atoms. The van der Waals surface area contributed by atoms with Crippen LogP contribution < -0.4 is 16.6 Å². The molecule has 1 amide bonds. The van der Waals surface area contributed by atoms with E-state index >= 15 is 0 Å². The van der Waals surface area contributed by atoms with Crippen molar-refractivity contribution >= 4 is 34.1 Å². The van der Waals surface area contributed by atoms with E-state index in [4.69, 9.17) is 10.7 Å². The number of aromatic nitrogens is 7. The standard InChI is InChI=1S/C29H25N9O3/c1-17(33-28(40)24-25(30)35-37-13-7-12-31-27(24)37)26-34-21-11-6-8-18(14-22(39)19-15-32-36(2)16-19)23(21)29(41)38(26)20-9-4-3-5-10-20/h3-13,15-17H,14H2,1-2H3,(H2,30,35)(H,33,40)/t17-/m0/s1. The first-order valence-electron chi connectivity index (χ1n) is 12.8. The molecule has 0 saturated carbocycles. The summed E-state index contributed by atoms with van der Waals surface area (Å²) < 4.78 is 4.44. The molecule has 0 unspecified atom stereocenters. The van der Waals surface area contributed by atoms with E-state index in [0.717, 1.165) is 0 Å². The Labute approximate surface area is 233 Å². The summed E-state index contributed by atoms with van der Waals surface area (Å²) in [5.74, 6) is -0.335. The van der Waals surface area contributed by atoms with Crippen molar-refractivity contribution in [2.45, 2.75) is 19.4 Å². The molecule has 6 aromatic rings. The van der Waals surface area contributed by atoms with E-state index in [0.29, 0.717) is 39.2 Å². The van der Waals surface area contributed by atoms with Crippen molar-refractivity contribution in [3.8, 4) is 5.69 Å². The van der Waals surface area contributed by atoms with Gasteiger partial charge in [-0.3, -0.25) is 23.6 Å². The van der Waals surface area contributed by atoms with E-state index in [2.05, 4.69) is 20.5 Å². The number of benzene rings is 2. The number of nitrogens with two attached hydrogens (primary N) is 1. The average molecular weight is 548 g/mol. The Kier molecular flexibility index (Phi) is 6.34. The number of nitrogens with one attached hydrogen (secondary N) is 1. The summed E-state index contributed by atoms with van der Waals surface area (Å²) in [5.41, 5.74) is 8.11. The highest BCUT2D eigenvalue weighted by Crippen LogP contribution is 2.23. The van der Waals surface area contributed by atoms with Crippen LogP contribution in [-0.2, 0) is 13.5 Å². The largest absolute Gasteiger partial charge is 0.381 e. The van der Waals surface area contributed by atoms with Gasteiger partial charge in [-0.25, -0.2) is 14.5 Å². The number of hydrogen-bond acceptors (Lipinski definition) is 8. The molecule has 4 heterocycles. The molecule has 12 nitrogen and oxygen atoms in total. The summed E-state index contributed by atoms with van der Waals surface area (Å²) in [5, 5.41) is 11.5. The number of nitrogens with zero attached hydrogens (tertiary/aromatic N) is 7. The summed E-state index contributed by atoms with van der Waals surface area (Å²) in [6, 6.07) is 15.2. The SMILES string of the molecule is C[C@H](NC(=O)c1c(N)nn2cccnc12)c1nc2cccc(CC(=O)c3cnn(C)c3)c2c(=O)n1-c1ccccc1. The number of fused-ring (bicyclic) bond motifs is 2. The number of para-hydroxylation sites is 1. The predicted molar refractivity (Wildman–Crippen MR) is 152 cm³/mol. The van der Waals surface area contributed by atoms with Gasteiger partial charge in [-0.05, 0) is 36.8 Å². The topological polar surface area (TPSA) is 155 Å². The lowest BCUT2D eigenvalue weighted by Gasteiger charge is -2.20. The fourth-order valence-electron chi connectivity index (χ4n) is 4.88. The lowest BCUT2D eigenvalue weighted by atomic mass is 10.0. The zero-order valence-electron chi connectivity index (χ0n) is 22.2. The second-order valence-corrected chi connectivity index (χ2v) is 9.60. The molecule has 12 heteroatoms. The quantitative estimate of drug-likeness (QED) is 0.289. The number of nitrogen functional groups attached to an aromatic ring is 1. The van der Waals surface area contributed by atoms with Gasteiger partial charge in [-0.15, -0.1) is 5.10 Å². The second kappa shape index (κ2) is 10.2. The Balaban J connectivity index is 1.45. The van der Waals surface area contributed by atoms with Crippen LogP contribution in [-0.4, -0.2) is 45.6 Å². The lowest BCUT2D eigenvalue weighted by molar-refractivity contribution is 0.0938. The van der Waals surface area contributed by atoms with Crippen LogP contribution in [0.25, 0.3) is 22.2 Å². The molecule has 6 rings (SSSR count). The van der Waals surface area contributed by atoms with E-state index in [1.54, 1.807) is 73.6 Å². The van der Waals surface area contributed by atoms with Crippen LogP contribution in [0.15, 0.2) is 84.2 Å². The van der Waals surface area contributed by atoms with Crippen molar-refractivity contribution in [1.29, 1.82) is 0 Å². The van der Waals surface area contributed by atoms with Gasteiger partial charge in [0.25, 0.3) is 11.5 Å². The minimum atomic E-state index is -0.724. The van der Waals surface area contributed by atoms with Crippen molar-refractivity contribution < 1.29 is 9.59 Å². The molecule has 3 N–H and O–H groups in total. The van der Waals surface area contributed by atoms with Crippen LogP contribution in [0.1, 0.15) is 45.1 Å². The smallest absolute Gasteiger partial charge is 0.266 e. The Bertz CT molecular complexity index is 2010. The van der Waals surface area contributed by atoms with E-state index in [1.165, 1.54) is 15.3 Å². The van der Waals surface area contributed by atoms with Crippen LogP contribution in [0.4, 0.5) is 5.82 Å². The molecule has 0 aliphatic carbocycles. The monoisotopic (exact) mass is 547 g/mol. The molecule has 0 radical (unpaired) electrons. The molecule has 1 atom stereocenters. The van der Waals surface area contributed by atoms with Gasteiger partial charge < -0.3 is 11.1 Å². The van der Waals surface area contributed by atoms with Crippen molar-refractivity contribution in [2.24, 2.45) is 7.05 Å². The number of Topliss-reactive ketones (excluding diaryl/α,β-unsaturated/α-hetero) is 1. The van der Waals surface area contributed by atoms with Crippen LogP contribution in [0, 0.1) is 0 Å². The molecule has 0 aliphatic heterocycles. The highest BCUT2D eigenvalue weighted by molar-refractivity contribution is 6.04. The number of anilines is 1. The number of aryl methyl sites for hydroxylation is 1. The number of rotatable bonds is 7. The van der Waals surface area contributed by atoms with Gasteiger partial charge in [0.15, 0.2) is 17.2 Å². The zero-order valence-corrected chi connectivity index (χ0v) is 22.2. The summed E-state index contributed by atoms with van der Waals surface area (Å²) in [7, 11) is 1.74. The minimum Gasteiger partial charge on any atom is -0.381 e. The predicted octanol–water partition coefficient (Wildman–Crippen LogP) is 2.66. The highest BCUT2D eigenvalue weighted by Gasteiger charge is 2.25. The van der Waals surface area contributed by atoms with E-state index in [-0.39, 0.29) is 29.1 Å². The number of ketones is 1. The Morgan fingerprint density at radius 1 is 1.07 bits per heavy atom. The normalized spacial score (nSPS) is 12.0. The fraction of sp³-hybridized carbons (Fsp3) is 0.138. The van der Waals surface area contributed by atoms with Crippen molar-refractivity contribution in [3.05, 3.63) is 112 Å². The molecule has 4 aromatic heterocycles. The fourth-order valence-corrected chi connectivity index (χ4v) is 4.88. The first kappa shape index (κ1) is 25.6. The molecule has 0 aliphatic rings. The average Bonchev–Trinajstić information content (AvgIpc) is 3.55. The third kappa shape index (κ3) is 4.61. The maximum Gasteiger partial charge on any atom is 0.266 e.